The lowest BCUT2D eigenvalue weighted by molar-refractivity contribution is 0.390. The smallest absolute Gasteiger partial charge is 0.124 e. The molecule has 3 rings (SSSR count). The zero-order valence-electron chi connectivity index (χ0n) is 28.1. The van der Waals surface area contributed by atoms with Crippen molar-refractivity contribution in [2.45, 2.75) is 167 Å². The molecular weight excluding hydrogens is 540 g/mol. The van der Waals surface area contributed by atoms with Crippen LogP contribution in [0.5, 0.6) is 11.5 Å². The molecule has 0 unspecified atom stereocenters. The summed E-state index contributed by atoms with van der Waals surface area (Å²) in [4.78, 5) is 9.79. The number of hydrogen-bond donors (Lipinski definition) is 2. The number of nitrogens with zero attached hydrogens (tertiary/aromatic N) is 2. The summed E-state index contributed by atoms with van der Waals surface area (Å²) in [6.45, 7) is 4.52. The number of unbranched alkanes of at least 4 members (excludes halogenated alkanes) is 14. The highest BCUT2D eigenvalue weighted by Gasteiger charge is 2.23. The lowest BCUT2D eigenvalue weighted by Crippen LogP contribution is -2.27. The molecule has 4 heteroatoms. The van der Waals surface area contributed by atoms with Crippen molar-refractivity contribution in [3.63, 3.8) is 0 Å². The molecule has 0 amide bonds. The number of phenolic OH excluding ortho intramolecular Hbond substituents is 2. The van der Waals surface area contributed by atoms with Crippen LogP contribution in [0.15, 0.2) is 46.4 Å². The van der Waals surface area contributed by atoms with Gasteiger partial charge in [-0.3, -0.25) is 9.98 Å². The quantitative estimate of drug-likeness (QED) is 0.104. The zero-order valence-corrected chi connectivity index (χ0v) is 28.1. The van der Waals surface area contributed by atoms with E-state index in [4.69, 9.17) is 9.98 Å². The molecule has 0 saturated heterocycles. The third-order valence-corrected chi connectivity index (χ3v) is 9.33. The van der Waals surface area contributed by atoms with E-state index in [0.29, 0.717) is 11.5 Å². The van der Waals surface area contributed by atoms with Crippen LogP contribution in [0.25, 0.3) is 0 Å². The number of rotatable bonds is 22. The summed E-state index contributed by atoms with van der Waals surface area (Å²) >= 11 is 0. The second kappa shape index (κ2) is 22.0. The summed E-state index contributed by atoms with van der Waals surface area (Å²) in [6.07, 6.45) is 31.1. The minimum atomic E-state index is 0.0971. The highest BCUT2D eigenvalue weighted by Crippen LogP contribution is 2.26. The van der Waals surface area contributed by atoms with E-state index >= 15 is 0 Å². The van der Waals surface area contributed by atoms with Crippen molar-refractivity contribution in [2.24, 2.45) is 9.98 Å². The maximum atomic E-state index is 10.7. The van der Waals surface area contributed by atoms with Crippen LogP contribution in [0.2, 0.25) is 0 Å². The van der Waals surface area contributed by atoms with Gasteiger partial charge in [-0.15, -0.1) is 0 Å². The number of aliphatic imine (C=N–C) groups is 2. The van der Waals surface area contributed by atoms with Gasteiger partial charge in [0.1, 0.15) is 11.5 Å². The van der Waals surface area contributed by atoms with Gasteiger partial charge in [0.05, 0.1) is 12.1 Å². The van der Waals surface area contributed by atoms with E-state index in [1.165, 1.54) is 114 Å². The molecule has 44 heavy (non-hydrogen) atoms. The molecule has 244 valence electrons. The van der Waals surface area contributed by atoms with Crippen molar-refractivity contribution >= 4 is 12.4 Å². The van der Waals surface area contributed by atoms with Gasteiger partial charge in [0, 0.05) is 23.6 Å². The van der Waals surface area contributed by atoms with E-state index in [0.717, 1.165) is 49.7 Å². The molecule has 2 aromatic carbocycles. The van der Waals surface area contributed by atoms with Gasteiger partial charge in [-0.1, -0.05) is 129 Å². The number of hydrogen-bond acceptors (Lipinski definition) is 4. The molecule has 4 nitrogen and oxygen atoms in total. The summed E-state index contributed by atoms with van der Waals surface area (Å²) in [6, 6.07) is 12.3. The van der Waals surface area contributed by atoms with E-state index < -0.39 is 0 Å². The second-order valence-electron chi connectivity index (χ2n) is 13.2. The van der Waals surface area contributed by atoms with E-state index in [-0.39, 0.29) is 12.1 Å². The van der Waals surface area contributed by atoms with Crippen LogP contribution in [-0.2, 0) is 12.8 Å². The van der Waals surface area contributed by atoms with Gasteiger partial charge in [0.15, 0.2) is 0 Å². The van der Waals surface area contributed by atoms with Crippen molar-refractivity contribution < 1.29 is 10.2 Å². The molecule has 0 spiro atoms. The first kappa shape index (κ1) is 35.9. The summed E-state index contributed by atoms with van der Waals surface area (Å²) in [5, 5.41) is 21.4. The average Bonchev–Trinajstić information content (AvgIpc) is 3.03. The third kappa shape index (κ3) is 14.0. The Hall–Kier alpha value is -2.62. The molecule has 1 aliphatic carbocycles. The summed E-state index contributed by atoms with van der Waals surface area (Å²) < 4.78 is 0. The van der Waals surface area contributed by atoms with Gasteiger partial charge in [-0.25, -0.2) is 0 Å². The molecule has 2 N–H and O–H groups in total. The summed E-state index contributed by atoms with van der Waals surface area (Å²) in [5.41, 5.74) is 3.96. The molecule has 0 bridgehead atoms. The monoisotopic (exact) mass is 602 g/mol. The van der Waals surface area contributed by atoms with Gasteiger partial charge in [-0.2, -0.15) is 0 Å². The fraction of sp³-hybridized carbons (Fsp3) is 0.650. The Balaban J connectivity index is 1.43. The molecular formula is C40H62N2O2. The molecule has 0 aromatic heterocycles. The predicted octanol–water partition coefficient (Wildman–Crippen LogP) is 11.3. The highest BCUT2D eigenvalue weighted by molar-refractivity contribution is 5.84. The fourth-order valence-corrected chi connectivity index (χ4v) is 6.43. The van der Waals surface area contributed by atoms with E-state index in [1.54, 1.807) is 0 Å². The first-order chi connectivity index (χ1) is 21.6. The minimum absolute atomic E-state index is 0.0971. The Morgan fingerprint density at radius 3 is 1.27 bits per heavy atom. The van der Waals surface area contributed by atoms with E-state index in [9.17, 15) is 10.2 Å². The van der Waals surface area contributed by atoms with Crippen molar-refractivity contribution in [1.29, 1.82) is 0 Å². The van der Waals surface area contributed by atoms with Gasteiger partial charge in [0.25, 0.3) is 0 Å². The Morgan fingerprint density at radius 2 is 0.909 bits per heavy atom. The zero-order chi connectivity index (χ0) is 31.2. The molecule has 1 aliphatic rings. The minimum Gasteiger partial charge on any atom is -0.507 e. The Kier molecular flexibility index (Phi) is 17.9. The summed E-state index contributed by atoms with van der Waals surface area (Å²) in [5.74, 6) is 0.635. The molecule has 1 fully saturated rings. The highest BCUT2D eigenvalue weighted by atomic mass is 16.3. The Bertz CT molecular complexity index is 1110. The molecule has 0 radical (unpaired) electrons. The SMILES string of the molecule is CCCCCCCCCCCCc1ccc(C=N[C@H]2CCCC[C@@H]2N=Cc2ccc(CCCCCCCC)cc2O)c(O)c1. The number of phenols is 2. The standard InChI is InChI=1S/C40H62N2O2/c1-3-5-7-9-11-12-13-14-16-18-22-34-26-28-36(40(44)30-34)32-42-38-24-20-19-23-37(38)41-31-35-27-25-33(29-39(35)43)21-17-15-10-8-6-4-2/h25-32,37-38,43-44H,3-24H2,1-2H3/t37-,38-/m0/s1. The molecule has 0 aliphatic heterocycles. The topological polar surface area (TPSA) is 65.2 Å². The molecule has 2 aromatic rings. The van der Waals surface area contributed by atoms with Gasteiger partial charge >= 0.3 is 0 Å². The largest absolute Gasteiger partial charge is 0.507 e. The second-order valence-corrected chi connectivity index (χ2v) is 13.2. The van der Waals surface area contributed by atoms with Crippen LogP contribution in [0.3, 0.4) is 0 Å². The van der Waals surface area contributed by atoms with Crippen LogP contribution in [0, 0.1) is 0 Å². The first-order valence-corrected chi connectivity index (χ1v) is 18.3. The van der Waals surface area contributed by atoms with Crippen molar-refractivity contribution in [2.75, 3.05) is 0 Å². The molecule has 0 heterocycles. The normalized spacial score (nSPS) is 17.2. The third-order valence-electron chi connectivity index (χ3n) is 9.33. The van der Waals surface area contributed by atoms with Gasteiger partial charge in [-0.05, 0) is 73.9 Å². The maximum absolute atomic E-state index is 10.7. The average molecular weight is 603 g/mol. The maximum Gasteiger partial charge on any atom is 0.124 e. The first-order valence-electron chi connectivity index (χ1n) is 18.3. The van der Waals surface area contributed by atoms with Crippen molar-refractivity contribution in [1.82, 2.24) is 0 Å². The van der Waals surface area contributed by atoms with Crippen LogP contribution >= 0.6 is 0 Å². The Morgan fingerprint density at radius 1 is 0.545 bits per heavy atom. The van der Waals surface area contributed by atoms with Crippen LogP contribution in [0.1, 0.15) is 165 Å². The number of aromatic hydroxyl groups is 2. The predicted molar refractivity (Wildman–Crippen MR) is 190 cm³/mol. The van der Waals surface area contributed by atoms with E-state index in [1.807, 2.05) is 36.7 Å². The van der Waals surface area contributed by atoms with Crippen LogP contribution in [-0.4, -0.2) is 34.7 Å². The summed E-state index contributed by atoms with van der Waals surface area (Å²) in [7, 11) is 0. The number of benzene rings is 2. The van der Waals surface area contributed by atoms with Gasteiger partial charge < -0.3 is 10.2 Å². The lowest BCUT2D eigenvalue weighted by atomic mass is 9.91. The van der Waals surface area contributed by atoms with E-state index in [2.05, 4.69) is 26.0 Å². The van der Waals surface area contributed by atoms with Crippen LogP contribution in [0.4, 0.5) is 0 Å². The van der Waals surface area contributed by atoms with Crippen molar-refractivity contribution in [3.8, 4) is 11.5 Å². The lowest BCUT2D eigenvalue weighted by Gasteiger charge is -2.25. The van der Waals surface area contributed by atoms with Gasteiger partial charge in [0.2, 0.25) is 0 Å². The van der Waals surface area contributed by atoms with Crippen LogP contribution < -0.4 is 0 Å². The fourth-order valence-electron chi connectivity index (χ4n) is 6.43. The Labute approximate surface area is 269 Å². The number of aryl methyl sites for hydroxylation is 2. The van der Waals surface area contributed by atoms with Crippen molar-refractivity contribution in [3.05, 3.63) is 58.7 Å². The molecule has 2 atom stereocenters. The molecule has 1 saturated carbocycles.